The van der Waals surface area contributed by atoms with Crippen LogP contribution in [0.2, 0.25) is 0 Å². The molecule has 0 atom stereocenters. The molecule has 1 aromatic rings. The third-order valence-corrected chi connectivity index (χ3v) is 2.41. The molecule has 1 saturated carbocycles. The highest BCUT2D eigenvalue weighted by Crippen LogP contribution is 2.38. The fourth-order valence-electron chi connectivity index (χ4n) is 1.34. The van der Waals surface area contributed by atoms with Crippen molar-refractivity contribution in [2.24, 2.45) is 5.73 Å². The van der Waals surface area contributed by atoms with Gasteiger partial charge in [-0.1, -0.05) is 0 Å². The second-order valence-corrected chi connectivity index (χ2v) is 4.05. The SMILES string of the molecule is CN(C)c1cc(C(=N)N)nc(C2CC2)n1. The van der Waals surface area contributed by atoms with E-state index in [9.17, 15) is 0 Å². The van der Waals surface area contributed by atoms with E-state index in [2.05, 4.69) is 9.97 Å². The Hall–Kier alpha value is -1.65. The molecule has 2 rings (SSSR count). The Bertz CT molecular complexity index is 375. The average molecular weight is 205 g/mol. The molecule has 1 fully saturated rings. The molecule has 0 aliphatic heterocycles. The average Bonchev–Trinajstić information content (AvgIpc) is 3.00. The van der Waals surface area contributed by atoms with E-state index < -0.39 is 0 Å². The second kappa shape index (κ2) is 3.49. The number of hydrogen-bond donors (Lipinski definition) is 2. The molecule has 0 saturated heterocycles. The van der Waals surface area contributed by atoms with Crippen molar-refractivity contribution in [1.29, 1.82) is 5.41 Å². The first-order valence-electron chi connectivity index (χ1n) is 4.98. The fourth-order valence-corrected chi connectivity index (χ4v) is 1.34. The second-order valence-electron chi connectivity index (χ2n) is 4.05. The van der Waals surface area contributed by atoms with Gasteiger partial charge in [0.1, 0.15) is 23.2 Å². The minimum Gasteiger partial charge on any atom is -0.382 e. The lowest BCUT2D eigenvalue weighted by Gasteiger charge is -2.13. The van der Waals surface area contributed by atoms with Gasteiger partial charge in [0, 0.05) is 26.1 Å². The largest absolute Gasteiger partial charge is 0.382 e. The van der Waals surface area contributed by atoms with Crippen LogP contribution in [0.4, 0.5) is 5.82 Å². The van der Waals surface area contributed by atoms with Gasteiger partial charge in [0.05, 0.1) is 0 Å². The normalized spacial score (nSPS) is 15.1. The monoisotopic (exact) mass is 205 g/mol. The number of nitrogens with zero attached hydrogens (tertiary/aromatic N) is 3. The Labute approximate surface area is 88.8 Å². The van der Waals surface area contributed by atoms with Crippen molar-refractivity contribution in [3.63, 3.8) is 0 Å². The van der Waals surface area contributed by atoms with Crippen molar-refractivity contribution in [1.82, 2.24) is 9.97 Å². The summed E-state index contributed by atoms with van der Waals surface area (Å²) in [6.45, 7) is 0. The summed E-state index contributed by atoms with van der Waals surface area (Å²) in [7, 11) is 3.84. The zero-order valence-corrected chi connectivity index (χ0v) is 8.99. The number of aromatic nitrogens is 2. The van der Waals surface area contributed by atoms with Crippen molar-refractivity contribution < 1.29 is 0 Å². The maximum atomic E-state index is 7.40. The van der Waals surface area contributed by atoms with E-state index in [0.29, 0.717) is 11.6 Å². The molecule has 0 radical (unpaired) electrons. The Morgan fingerprint density at radius 1 is 1.47 bits per heavy atom. The quantitative estimate of drug-likeness (QED) is 0.562. The van der Waals surface area contributed by atoms with E-state index in [-0.39, 0.29) is 5.84 Å². The van der Waals surface area contributed by atoms with Crippen LogP contribution >= 0.6 is 0 Å². The standard InChI is InChI=1S/C10H15N5/c1-15(2)8-5-7(9(11)12)13-10(14-8)6-3-4-6/h5-6H,3-4H2,1-2H3,(H3,11,12). The molecule has 1 aromatic heterocycles. The van der Waals surface area contributed by atoms with Gasteiger partial charge in [-0.15, -0.1) is 0 Å². The summed E-state index contributed by atoms with van der Waals surface area (Å²) in [5.74, 6) is 2.12. The van der Waals surface area contributed by atoms with Crippen LogP contribution < -0.4 is 10.6 Å². The van der Waals surface area contributed by atoms with E-state index in [0.717, 1.165) is 24.5 Å². The fraction of sp³-hybridized carbons (Fsp3) is 0.500. The van der Waals surface area contributed by atoms with Gasteiger partial charge >= 0.3 is 0 Å². The molecular weight excluding hydrogens is 190 g/mol. The maximum absolute atomic E-state index is 7.40. The van der Waals surface area contributed by atoms with Gasteiger partial charge in [0.15, 0.2) is 0 Å². The van der Waals surface area contributed by atoms with Crippen molar-refractivity contribution >= 4 is 11.7 Å². The molecule has 0 aromatic carbocycles. The van der Waals surface area contributed by atoms with Crippen LogP contribution in [0.1, 0.15) is 30.3 Å². The van der Waals surface area contributed by atoms with E-state index >= 15 is 0 Å². The highest BCUT2D eigenvalue weighted by molar-refractivity contribution is 5.93. The molecule has 0 spiro atoms. The van der Waals surface area contributed by atoms with Crippen LogP contribution in [0, 0.1) is 5.41 Å². The number of nitrogens with one attached hydrogen (secondary N) is 1. The van der Waals surface area contributed by atoms with Crippen LogP contribution in [0.3, 0.4) is 0 Å². The highest BCUT2D eigenvalue weighted by Gasteiger charge is 2.27. The zero-order chi connectivity index (χ0) is 11.0. The Balaban J connectivity index is 2.43. The van der Waals surface area contributed by atoms with Gasteiger partial charge in [-0.05, 0) is 12.8 Å². The summed E-state index contributed by atoms with van der Waals surface area (Å²) in [5, 5.41) is 7.40. The molecule has 0 unspecified atom stereocenters. The Morgan fingerprint density at radius 2 is 2.13 bits per heavy atom. The van der Waals surface area contributed by atoms with Crippen LogP contribution in [-0.2, 0) is 0 Å². The first-order chi connectivity index (χ1) is 7.08. The van der Waals surface area contributed by atoms with Crippen LogP contribution in [-0.4, -0.2) is 29.9 Å². The van der Waals surface area contributed by atoms with Crippen molar-refractivity contribution in [3.8, 4) is 0 Å². The molecule has 1 heterocycles. The predicted molar refractivity (Wildman–Crippen MR) is 59.4 cm³/mol. The summed E-state index contributed by atoms with van der Waals surface area (Å²) in [6.07, 6.45) is 2.29. The number of anilines is 1. The summed E-state index contributed by atoms with van der Waals surface area (Å²) in [6, 6.07) is 1.74. The maximum Gasteiger partial charge on any atom is 0.142 e. The lowest BCUT2D eigenvalue weighted by molar-refractivity contribution is 0.899. The third-order valence-electron chi connectivity index (χ3n) is 2.41. The van der Waals surface area contributed by atoms with Gasteiger partial charge < -0.3 is 10.6 Å². The van der Waals surface area contributed by atoms with Crippen molar-refractivity contribution in [3.05, 3.63) is 17.6 Å². The van der Waals surface area contributed by atoms with Crippen molar-refractivity contribution in [2.75, 3.05) is 19.0 Å². The molecule has 5 nitrogen and oxygen atoms in total. The Morgan fingerprint density at radius 3 is 2.60 bits per heavy atom. The summed E-state index contributed by atoms with van der Waals surface area (Å²) >= 11 is 0. The molecule has 5 heteroatoms. The zero-order valence-electron chi connectivity index (χ0n) is 8.99. The molecule has 15 heavy (non-hydrogen) atoms. The van der Waals surface area contributed by atoms with Gasteiger partial charge in [-0.3, -0.25) is 5.41 Å². The highest BCUT2D eigenvalue weighted by atomic mass is 15.2. The number of amidine groups is 1. The van der Waals surface area contributed by atoms with Gasteiger partial charge in [0.2, 0.25) is 0 Å². The molecule has 0 bridgehead atoms. The summed E-state index contributed by atoms with van der Waals surface area (Å²) in [4.78, 5) is 10.6. The van der Waals surface area contributed by atoms with Crippen molar-refractivity contribution in [2.45, 2.75) is 18.8 Å². The number of hydrogen-bond acceptors (Lipinski definition) is 4. The predicted octanol–water partition coefficient (Wildman–Crippen LogP) is 0.704. The minimum atomic E-state index is 0.00222. The smallest absolute Gasteiger partial charge is 0.142 e. The number of nitrogen functional groups attached to an aromatic ring is 1. The number of nitrogens with two attached hydrogens (primary N) is 1. The van der Waals surface area contributed by atoms with Crippen LogP contribution in [0.25, 0.3) is 0 Å². The van der Waals surface area contributed by atoms with Gasteiger partial charge in [0.25, 0.3) is 0 Å². The molecular formula is C10H15N5. The first kappa shape index (κ1) is 9.89. The van der Waals surface area contributed by atoms with Gasteiger partial charge in [-0.25, -0.2) is 9.97 Å². The lowest BCUT2D eigenvalue weighted by atomic mass is 10.3. The third kappa shape index (κ3) is 2.06. The molecule has 1 aliphatic carbocycles. The van der Waals surface area contributed by atoms with Crippen LogP contribution in [0.15, 0.2) is 6.07 Å². The minimum absolute atomic E-state index is 0.00222. The van der Waals surface area contributed by atoms with Gasteiger partial charge in [-0.2, -0.15) is 0 Å². The first-order valence-corrected chi connectivity index (χ1v) is 4.98. The van der Waals surface area contributed by atoms with E-state index in [4.69, 9.17) is 11.1 Å². The topological polar surface area (TPSA) is 78.9 Å². The van der Waals surface area contributed by atoms with E-state index in [1.165, 1.54) is 0 Å². The molecule has 80 valence electrons. The number of rotatable bonds is 3. The van der Waals surface area contributed by atoms with Crippen LogP contribution in [0.5, 0.6) is 0 Å². The molecule has 0 amide bonds. The molecule has 3 N–H and O–H groups in total. The lowest BCUT2D eigenvalue weighted by Crippen LogP contribution is -2.18. The summed E-state index contributed by atoms with van der Waals surface area (Å²) < 4.78 is 0. The van der Waals surface area contributed by atoms with E-state index in [1.807, 2.05) is 19.0 Å². The summed E-state index contributed by atoms with van der Waals surface area (Å²) in [5.41, 5.74) is 5.97. The Kier molecular flexibility index (Phi) is 2.30. The molecule has 1 aliphatic rings. The van der Waals surface area contributed by atoms with E-state index in [1.54, 1.807) is 6.07 Å².